The van der Waals surface area contributed by atoms with Gasteiger partial charge in [-0.3, -0.25) is 4.68 Å². The van der Waals surface area contributed by atoms with Gasteiger partial charge in [0.25, 0.3) is 0 Å². The Morgan fingerprint density at radius 2 is 2.42 bits per heavy atom. The first-order chi connectivity index (χ1) is 6.16. The van der Waals surface area contributed by atoms with Gasteiger partial charge in [0, 0.05) is 27.6 Å². The number of hydrogen-bond acceptors (Lipinski definition) is 2. The van der Waals surface area contributed by atoms with Gasteiger partial charge in [0.1, 0.15) is 5.82 Å². The van der Waals surface area contributed by atoms with Crippen LogP contribution in [0, 0.1) is 6.92 Å². The first-order valence-electron chi connectivity index (χ1n) is 4.92. The van der Waals surface area contributed by atoms with Crippen molar-refractivity contribution in [3.05, 3.63) is 11.8 Å². The van der Waals surface area contributed by atoms with Gasteiger partial charge in [-0.05, 0) is 19.7 Å². The molecule has 1 atom stereocenters. The molecule has 0 bridgehead atoms. The molecule has 0 aromatic carbocycles. The van der Waals surface area contributed by atoms with E-state index in [0.29, 0.717) is 0 Å². The summed E-state index contributed by atoms with van der Waals surface area (Å²) in [5, 5.41) is 4.29. The second kappa shape index (κ2) is 2.81. The number of rotatable bonds is 1. The molecule has 1 aliphatic heterocycles. The minimum Gasteiger partial charge on any atom is -0.357 e. The van der Waals surface area contributed by atoms with Crippen molar-refractivity contribution in [1.82, 2.24) is 9.78 Å². The molecule has 2 rings (SSSR count). The van der Waals surface area contributed by atoms with Crippen LogP contribution >= 0.6 is 0 Å². The van der Waals surface area contributed by atoms with E-state index in [1.165, 1.54) is 0 Å². The summed E-state index contributed by atoms with van der Waals surface area (Å²) in [7, 11) is 1.96. The summed E-state index contributed by atoms with van der Waals surface area (Å²) >= 11 is 0. The molecule has 1 aromatic rings. The summed E-state index contributed by atoms with van der Waals surface area (Å²) in [6.45, 7) is 3.84. The van der Waals surface area contributed by atoms with Gasteiger partial charge in [-0.15, -0.1) is 0 Å². The lowest BCUT2D eigenvalue weighted by Gasteiger charge is -2.16. The third-order valence-electron chi connectivity index (χ3n) is 2.25. The van der Waals surface area contributed by atoms with Crippen LogP contribution in [-0.4, -0.2) is 22.9 Å². The second-order valence-electron chi connectivity index (χ2n) is 3.29. The quantitative estimate of drug-likeness (QED) is 0.627. The minimum absolute atomic E-state index is 0.0789. The third-order valence-corrected chi connectivity index (χ3v) is 2.25. The van der Waals surface area contributed by atoms with Crippen molar-refractivity contribution in [2.45, 2.75) is 19.7 Å². The topological polar surface area (TPSA) is 21.1 Å². The highest BCUT2D eigenvalue weighted by Gasteiger charge is 2.15. The van der Waals surface area contributed by atoms with E-state index < -0.39 is 0 Å². The molecule has 66 valence electrons. The minimum atomic E-state index is 0.0789. The number of hydrogen-bond donors (Lipinski definition) is 0. The average molecular weight is 166 g/mol. The highest BCUT2D eigenvalue weighted by Crippen LogP contribution is 2.19. The van der Waals surface area contributed by atoms with Gasteiger partial charge in [0.2, 0.25) is 0 Å². The van der Waals surface area contributed by atoms with Crippen LogP contribution in [0.15, 0.2) is 6.07 Å². The van der Waals surface area contributed by atoms with Gasteiger partial charge in [0.15, 0.2) is 0 Å². The highest BCUT2D eigenvalue weighted by molar-refractivity contribution is 5.41. The third kappa shape index (κ3) is 1.19. The summed E-state index contributed by atoms with van der Waals surface area (Å²) < 4.78 is 9.51. The monoisotopic (exact) mass is 166 g/mol. The molecule has 0 unspecified atom stereocenters. The second-order valence-corrected chi connectivity index (χ2v) is 3.29. The molecule has 1 saturated heterocycles. The first kappa shape index (κ1) is 6.52. The van der Waals surface area contributed by atoms with Gasteiger partial charge in [-0.1, -0.05) is 0 Å². The molecule has 3 heteroatoms. The van der Waals surface area contributed by atoms with E-state index in [4.69, 9.17) is 1.37 Å². The summed E-state index contributed by atoms with van der Waals surface area (Å²) in [4.78, 5) is 2.23. The molecule has 1 fully saturated rings. The predicted molar refractivity (Wildman–Crippen MR) is 49.4 cm³/mol. The molecule has 2 heterocycles. The summed E-state index contributed by atoms with van der Waals surface area (Å²) in [6.07, 6.45) is 1.06. The lowest BCUT2D eigenvalue weighted by atomic mass is 10.4. The van der Waals surface area contributed by atoms with Crippen molar-refractivity contribution in [2.24, 2.45) is 7.05 Å². The Morgan fingerprint density at radius 3 is 2.92 bits per heavy atom. The molecule has 1 aromatic heterocycles. The summed E-state index contributed by atoms with van der Waals surface area (Å²) in [6, 6.07) is 2.08. The molecule has 0 aliphatic carbocycles. The molecular weight excluding hydrogens is 150 g/mol. The number of aryl methyl sites for hydroxylation is 2. The Balaban J connectivity index is 2.20. The Bertz CT molecular complexity index is 308. The molecule has 1 aliphatic rings. The van der Waals surface area contributed by atoms with E-state index in [0.717, 1.165) is 31.0 Å². The van der Waals surface area contributed by atoms with Crippen LogP contribution in [0.5, 0.6) is 0 Å². The summed E-state index contributed by atoms with van der Waals surface area (Å²) in [5.74, 6) is 1.15. The average Bonchev–Trinajstić information content (AvgIpc) is 2.58. The van der Waals surface area contributed by atoms with Crippen LogP contribution in [0.25, 0.3) is 0 Å². The van der Waals surface area contributed by atoms with Crippen LogP contribution in [0.3, 0.4) is 0 Å². The van der Waals surface area contributed by atoms with E-state index in [1.807, 2.05) is 18.7 Å². The van der Waals surface area contributed by atoms with Crippen molar-refractivity contribution in [1.29, 1.82) is 0 Å². The molecular formula is C9H15N3. The van der Waals surface area contributed by atoms with Gasteiger partial charge in [-0.2, -0.15) is 5.10 Å². The summed E-state index contributed by atoms with van der Waals surface area (Å²) in [5.41, 5.74) is 1.05. The van der Waals surface area contributed by atoms with E-state index in [1.54, 1.807) is 0 Å². The normalized spacial score (nSPS) is 24.7. The SMILES string of the molecule is [2H][C@@H]1CCN(c2cc(C)nn2C)C1. The standard InChI is InChI=1S/C9H15N3/c1-8-7-9(11(2)10-8)12-5-3-4-6-12/h7H,3-6H2,1-2H3/i3D/t3-/m1/s1. The van der Waals surface area contributed by atoms with Crippen LogP contribution in [-0.2, 0) is 7.05 Å². The zero-order chi connectivity index (χ0) is 9.42. The zero-order valence-corrected chi connectivity index (χ0v) is 7.62. The van der Waals surface area contributed by atoms with Crippen molar-refractivity contribution >= 4 is 5.82 Å². The number of aromatic nitrogens is 2. The van der Waals surface area contributed by atoms with E-state index in [2.05, 4.69) is 16.1 Å². The lowest BCUT2D eigenvalue weighted by molar-refractivity contribution is 0.731. The number of nitrogens with zero attached hydrogens (tertiary/aromatic N) is 3. The first-order valence-corrected chi connectivity index (χ1v) is 4.34. The van der Waals surface area contributed by atoms with Gasteiger partial charge in [0.05, 0.1) is 5.69 Å². The van der Waals surface area contributed by atoms with E-state index >= 15 is 0 Å². The molecule has 3 nitrogen and oxygen atoms in total. The smallest absolute Gasteiger partial charge is 0.126 e. The van der Waals surface area contributed by atoms with Crippen LogP contribution in [0.2, 0.25) is 0 Å². The number of anilines is 1. The fourth-order valence-electron chi connectivity index (χ4n) is 1.69. The zero-order valence-electron chi connectivity index (χ0n) is 8.62. The maximum atomic E-state index is 7.62. The van der Waals surface area contributed by atoms with Gasteiger partial charge < -0.3 is 4.90 Å². The molecule has 0 amide bonds. The van der Waals surface area contributed by atoms with Crippen molar-refractivity contribution in [2.75, 3.05) is 18.0 Å². The van der Waals surface area contributed by atoms with E-state index in [9.17, 15) is 0 Å². The predicted octanol–water partition coefficient (Wildman–Crippen LogP) is 1.33. The van der Waals surface area contributed by atoms with Crippen LogP contribution in [0.4, 0.5) is 5.82 Å². The fourth-order valence-corrected chi connectivity index (χ4v) is 1.69. The largest absolute Gasteiger partial charge is 0.357 e. The van der Waals surface area contributed by atoms with Crippen molar-refractivity contribution < 1.29 is 1.37 Å². The lowest BCUT2D eigenvalue weighted by Crippen LogP contribution is -2.20. The van der Waals surface area contributed by atoms with Gasteiger partial charge in [-0.25, -0.2) is 0 Å². The fraction of sp³-hybridized carbons (Fsp3) is 0.667. The van der Waals surface area contributed by atoms with Gasteiger partial charge >= 0.3 is 0 Å². The van der Waals surface area contributed by atoms with Crippen LogP contribution < -0.4 is 4.90 Å². The molecule has 0 radical (unpaired) electrons. The Kier molecular flexibility index (Phi) is 1.53. The molecule has 0 saturated carbocycles. The maximum Gasteiger partial charge on any atom is 0.126 e. The highest BCUT2D eigenvalue weighted by atomic mass is 15.4. The molecule has 12 heavy (non-hydrogen) atoms. The molecule has 0 N–H and O–H groups in total. The Hall–Kier alpha value is -0.990. The van der Waals surface area contributed by atoms with Crippen LogP contribution in [0.1, 0.15) is 19.9 Å². The van der Waals surface area contributed by atoms with Crippen molar-refractivity contribution in [3.63, 3.8) is 0 Å². The maximum absolute atomic E-state index is 7.62. The molecule has 0 spiro atoms. The Morgan fingerprint density at radius 1 is 1.58 bits per heavy atom. The van der Waals surface area contributed by atoms with Crippen molar-refractivity contribution in [3.8, 4) is 0 Å². The van der Waals surface area contributed by atoms with E-state index in [-0.39, 0.29) is 6.40 Å². The Labute approximate surface area is 74.4 Å².